The average molecular weight is 1620 g/mol. The highest BCUT2D eigenvalue weighted by Gasteiger charge is 2.24. The van der Waals surface area contributed by atoms with Gasteiger partial charge in [-0.2, -0.15) is 10.2 Å². The summed E-state index contributed by atoms with van der Waals surface area (Å²) in [6, 6.07) is 13.8. The van der Waals surface area contributed by atoms with Gasteiger partial charge in [-0.25, -0.2) is 9.59 Å². The van der Waals surface area contributed by atoms with E-state index in [1.54, 1.807) is 48.5 Å². The Kier molecular flexibility index (Phi) is 71.8. The molecule has 0 saturated carbocycles. The first-order valence-corrected chi connectivity index (χ1v) is 48.9. The van der Waals surface area contributed by atoms with E-state index in [-0.39, 0.29) is 23.6 Å². The number of hydrazone groups is 2. The van der Waals surface area contributed by atoms with Crippen molar-refractivity contribution in [2.24, 2.45) is 22.0 Å². The molecule has 2 amide bonds. The van der Waals surface area contributed by atoms with Crippen molar-refractivity contribution in [1.82, 2.24) is 10.6 Å². The first-order chi connectivity index (χ1) is 56.8. The lowest BCUT2D eigenvalue weighted by Gasteiger charge is -2.28. The second-order valence-electron chi connectivity index (χ2n) is 33.9. The van der Waals surface area contributed by atoms with Crippen molar-refractivity contribution in [2.75, 3.05) is 50.4 Å². The predicted octanol–water partition coefficient (Wildman–Crippen LogP) is 28.0. The molecule has 16 nitrogen and oxygen atoms in total. The molecule has 2 aromatic carbocycles. The third-order valence-electron chi connectivity index (χ3n) is 23.3. The zero-order valence-corrected chi connectivity index (χ0v) is 76.0. The number of hydrogen-bond acceptors (Lipinski definition) is 14. The summed E-state index contributed by atoms with van der Waals surface area (Å²) in [5.41, 5.74) is 6.50. The fraction of sp³-hybridized carbons (Fsp3) is 0.800. The van der Waals surface area contributed by atoms with Crippen LogP contribution in [-0.4, -0.2) is 98.5 Å². The highest BCUT2D eigenvalue weighted by atomic mass is 16.5. The molecule has 0 heterocycles. The van der Waals surface area contributed by atoms with Crippen molar-refractivity contribution >= 4 is 58.1 Å². The molecular weight excluding hydrogens is 1450 g/mol. The SMILES string of the molecule is CCCCCCCCCC(CCCCCCCC)OCCCNC(=O)/C(=N\Nc1ccccc1C(=O)OCCCCCCCCC(CCCCCCCCC)C(CCCCCCCCC)CCCCCCCCOC(=O)c1ccccc1N/N=C(/C(C)=O)C(=O)NCCCOC(CCCCCCCC)CCCCCCCCC)C(C)=O. The van der Waals surface area contributed by atoms with Crippen LogP contribution in [-0.2, 0) is 38.1 Å². The number of nitrogens with zero attached hydrogens (tertiary/aromatic N) is 2. The van der Waals surface area contributed by atoms with Gasteiger partial charge in [-0.05, 0) is 87.5 Å². The Hall–Kier alpha value is -5.48. The molecular formula is C100H176N6O10. The fourth-order valence-corrected chi connectivity index (χ4v) is 16.0. The Morgan fingerprint density at radius 1 is 0.284 bits per heavy atom. The van der Waals surface area contributed by atoms with Gasteiger partial charge in [0.05, 0.1) is 47.9 Å². The summed E-state index contributed by atoms with van der Waals surface area (Å²) >= 11 is 0. The molecule has 0 radical (unpaired) electrons. The minimum Gasteiger partial charge on any atom is -0.462 e. The summed E-state index contributed by atoms with van der Waals surface area (Å²) in [7, 11) is 0. The van der Waals surface area contributed by atoms with Crippen LogP contribution in [0, 0.1) is 11.8 Å². The molecule has 0 aliphatic heterocycles. The van der Waals surface area contributed by atoms with Crippen LogP contribution in [0.25, 0.3) is 0 Å². The third-order valence-corrected chi connectivity index (χ3v) is 23.3. The normalized spacial score (nSPS) is 12.8. The molecule has 2 rings (SSSR count). The van der Waals surface area contributed by atoms with Crippen LogP contribution in [0.5, 0.6) is 0 Å². The zero-order valence-electron chi connectivity index (χ0n) is 76.0. The number of rotatable bonds is 85. The number of amides is 2. The topological polar surface area (TPSA) is 212 Å². The van der Waals surface area contributed by atoms with E-state index in [4.69, 9.17) is 18.9 Å². The van der Waals surface area contributed by atoms with Crippen molar-refractivity contribution in [3.63, 3.8) is 0 Å². The Labute approximate surface area is 710 Å². The van der Waals surface area contributed by atoms with E-state index < -0.39 is 35.3 Å². The molecule has 0 aliphatic carbocycles. The summed E-state index contributed by atoms with van der Waals surface area (Å²) in [6.07, 6.45) is 76.1. The summed E-state index contributed by atoms with van der Waals surface area (Å²) in [5.74, 6) is -1.49. The first-order valence-electron chi connectivity index (χ1n) is 48.9. The molecule has 0 aliphatic rings. The average Bonchev–Trinajstić information content (AvgIpc) is 0.857. The van der Waals surface area contributed by atoms with Crippen LogP contribution < -0.4 is 21.5 Å². The smallest absolute Gasteiger partial charge is 0.340 e. The molecule has 0 aromatic heterocycles. The van der Waals surface area contributed by atoms with Crippen molar-refractivity contribution in [2.45, 2.75) is 466 Å². The molecule has 0 bridgehead atoms. The van der Waals surface area contributed by atoms with Crippen LogP contribution >= 0.6 is 0 Å². The molecule has 2 aromatic rings. The van der Waals surface area contributed by atoms with E-state index >= 15 is 0 Å². The van der Waals surface area contributed by atoms with Gasteiger partial charge in [0.15, 0.2) is 23.0 Å². The summed E-state index contributed by atoms with van der Waals surface area (Å²) < 4.78 is 24.4. The van der Waals surface area contributed by atoms with E-state index in [1.807, 2.05) is 0 Å². The fourth-order valence-electron chi connectivity index (χ4n) is 16.0. The predicted molar refractivity (Wildman–Crippen MR) is 490 cm³/mol. The number of para-hydroxylation sites is 2. The standard InChI is InChI=1S/C100H176N6O10/c1-9-15-21-27-33-41-51-67-87(69-53-43-37-39-49-63-81-115-99(111)91-75-59-61-77-93(91)103-105-95(85(7)107)97(109)101-79-65-83-113-89(71-55-45-31-25-19-13-5)73-57-47-35-29-23-17-11-3)88(68-52-42-34-28-22-16-10-2)70-54-44-38-40-50-64-82-116-100(112)92-76-60-62-78-94(92)104-106-96(86(8)108)98(110)102-80-66-84-114-90(72-56-46-32-26-20-14-6)74-58-48-36-30-24-18-12-4/h59-62,75-78,87-90,103-104H,9-58,63-74,79-84H2,1-8H3,(H,101,109)(H,102,110)/b105-95-,106-96-. The number of nitrogens with one attached hydrogen (secondary N) is 4. The van der Waals surface area contributed by atoms with E-state index in [0.29, 0.717) is 74.9 Å². The first kappa shape index (κ1) is 107. The van der Waals surface area contributed by atoms with E-state index in [1.165, 1.54) is 335 Å². The Balaban J connectivity index is 1.91. The molecule has 0 spiro atoms. The van der Waals surface area contributed by atoms with E-state index in [9.17, 15) is 28.8 Å². The lowest BCUT2D eigenvalue weighted by Crippen LogP contribution is -2.36. The van der Waals surface area contributed by atoms with Gasteiger partial charge in [-0.1, -0.05) is 413 Å². The molecule has 666 valence electrons. The third kappa shape index (κ3) is 58.4. The van der Waals surface area contributed by atoms with Crippen LogP contribution in [0.15, 0.2) is 58.7 Å². The number of hydrogen-bond donors (Lipinski definition) is 4. The van der Waals surface area contributed by atoms with Crippen LogP contribution in [0.3, 0.4) is 0 Å². The maximum atomic E-state index is 13.5. The Morgan fingerprint density at radius 2 is 0.517 bits per heavy atom. The number of carbonyl (C=O) groups is 6. The number of benzene rings is 2. The van der Waals surface area contributed by atoms with Crippen LogP contribution in [0.4, 0.5) is 11.4 Å². The largest absolute Gasteiger partial charge is 0.462 e. The minimum absolute atomic E-state index is 0.235. The number of ketones is 2. The Bertz CT molecular complexity index is 2590. The van der Waals surface area contributed by atoms with Gasteiger partial charge in [-0.15, -0.1) is 0 Å². The van der Waals surface area contributed by atoms with Crippen LogP contribution in [0.1, 0.15) is 474 Å². The monoisotopic (exact) mass is 1620 g/mol. The number of unbranched alkanes of at least 4 members (excludes halogenated alkanes) is 44. The van der Waals surface area contributed by atoms with Crippen molar-refractivity contribution in [3.05, 3.63) is 59.7 Å². The molecule has 4 unspecified atom stereocenters. The quantitative estimate of drug-likeness (QED) is 0.0160. The lowest BCUT2D eigenvalue weighted by molar-refractivity contribution is -0.118. The maximum Gasteiger partial charge on any atom is 0.340 e. The molecule has 0 saturated heterocycles. The van der Waals surface area contributed by atoms with Gasteiger partial charge in [0.1, 0.15) is 0 Å². The highest BCUT2D eigenvalue weighted by molar-refractivity contribution is 6.65. The second kappa shape index (κ2) is 78.1. The van der Waals surface area contributed by atoms with Gasteiger partial charge in [0.25, 0.3) is 11.8 Å². The molecule has 116 heavy (non-hydrogen) atoms. The molecule has 16 heteroatoms. The lowest BCUT2D eigenvalue weighted by atomic mass is 9.78. The van der Waals surface area contributed by atoms with Crippen molar-refractivity contribution in [1.29, 1.82) is 0 Å². The van der Waals surface area contributed by atoms with Gasteiger partial charge < -0.3 is 29.6 Å². The van der Waals surface area contributed by atoms with E-state index in [0.717, 1.165) is 76.0 Å². The highest BCUT2D eigenvalue weighted by Crippen LogP contribution is 2.35. The maximum absolute atomic E-state index is 13.5. The van der Waals surface area contributed by atoms with Crippen LogP contribution in [0.2, 0.25) is 0 Å². The molecule has 4 N–H and O–H groups in total. The molecule has 0 fully saturated rings. The number of esters is 2. The van der Waals surface area contributed by atoms with Crippen molar-refractivity contribution in [3.8, 4) is 0 Å². The minimum atomic E-state index is -0.561. The summed E-state index contributed by atoms with van der Waals surface area (Å²) in [6.45, 7) is 18.7. The van der Waals surface area contributed by atoms with Gasteiger partial charge in [0, 0.05) is 40.2 Å². The number of Topliss-reactive ketones (excluding diaryl/α,β-unsaturated/α-hetero) is 2. The zero-order chi connectivity index (χ0) is 84.0. The Morgan fingerprint density at radius 3 is 0.776 bits per heavy atom. The number of ether oxygens (including phenoxy) is 4. The summed E-state index contributed by atoms with van der Waals surface area (Å²) in [5, 5.41) is 14.2. The van der Waals surface area contributed by atoms with Gasteiger partial charge in [-0.3, -0.25) is 30.0 Å². The van der Waals surface area contributed by atoms with Gasteiger partial charge in [0.2, 0.25) is 0 Å². The second-order valence-corrected chi connectivity index (χ2v) is 33.9. The van der Waals surface area contributed by atoms with Gasteiger partial charge >= 0.3 is 11.9 Å². The van der Waals surface area contributed by atoms with Crippen molar-refractivity contribution < 1.29 is 47.7 Å². The molecule has 4 atom stereocenters. The summed E-state index contributed by atoms with van der Waals surface area (Å²) in [4.78, 5) is 79.1. The number of anilines is 2. The number of carbonyl (C=O) groups excluding carboxylic acids is 6. The van der Waals surface area contributed by atoms with E-state index in [2.05, 4.69) is 73.2 Å².